The van der Waals surface area contributed by atoms with Gasteiger partial charge in [-0.2, -0.15) is 0 Å². The van der Waals surface area contributed by atoms with Crippen molar-refractivity contribution in [2.24, 2.45) is 0 Å². The summed E-state index contributed by atoms with van der Waals surface area (Å²) in [7, 11) is 0. The van der Waals surface area contributed by atoms with E-state index in [1.54, 1.807) is 6.26 Å². The first-order chi connectivity index (χ1) is 9.04. The Morgan fingerprint density at radius 1 is 1.26 bits per heavy atom. The van der Waals surface area contributed by atoms with Crippen LogP contribution < -0.4 is 5.32 Å². The number of furan rings is 1. The molecular weight excluding hydrogens is 238 g/mol. The molecule has 0 radical (unpaired) electrons. The second kappa shape index (κ2) is 6.58. The van der Waals surface area contributed by atoms with Crippen molar-refractivity contribution in [3.05, 3.63) is 23.7 Å². The molecule has 108 valence electrons. The highest BCUT2D eigenvalue weighted by Gasteiger charge is 2.16. The average Bonchev–Trinajstić information content (AvgIpc) is 2.82. The maximum absolute atomic E-state index is 5.98. The van der Waals surface area contributed by atoms with E-state index in [9.17, 15) is 0 Å². The number of hydrogen-bond acceptors (Lipinski definition) is 3. The van der Waals surface area contributed by atoms with Gasteiger partial charge in [-0.05, 0) is 39.7 Å². The molecule has 1 N–H and O–H groups in total. The smallest absolute Gasteiger partial charge is 0.133 e. The van der Waals surface area contributed by atoms with Crippen LogP contribution in [0.1, 0.15) is 64.2 Å². The van der Waals surface area contributed by atoms with Crippen LogP contribution in [0.5, 0.6) is 0 Å². The molecule has 0 aromatic carbocycles. The van der Waals surface area contributed by atoms with Gasteiger partial charge in [0, 0.05) is 17.6 Å². The summed E-state index contributed by atoms with van der Waals surface area (Å²) in [6, 6.07) is 2.04. The average molecular weight is 265 g/mol. The molecular formula is C16H27NO2. The first-order valence-electron chi connectivity index (χ1n) is 7.46. The van der Waals surface area contributed by atoms with Crippen molar-refractivity contribution < 1.29 is 9.15 Å². The molecule has 1 fully saturated rings. The predicted molar refractivity (Wildman–Crippen MR) is 77.0 cm³/mol. The zero-order chi connectivity index (χ0) is 13.7. The van der Waals surface area contributed by atoms with Gasteiger partial charge in [0.2, 0.25) is 0 Å². The van der Waals surface area contributed by atoms with Crippen LogP contribution in [0.4, 0.5) is 0 Å². The Bertz CT molecular complexity index is 372. The molecule has 1 heterocycles. The van der Waals surface area contributed by atoms with E-state index < -0.39 is 0 Å². The number of hydrogen-bond donors (Lipinski definition) is 1. The Hall–Kier alpha value is -0.800. The lowest BCUT2D eigenvalue weighted by Crippen LogP contribution is -2.35. The largest absolute Gasteiger partial charge is 0.467 e. The van der Waals surface area contributed by atoms with Crippen molar-refractivity contribution in [3.8, 4) is 0 Å². The highest BCUT2D eigenvalue weighted by Crippen LogP contribution is 2.22. The van der Waals surface area contributed by atoms with Gasteiger partial charge >= 0.3 is 0 Å². The van der Waals surface area contributed by atoms with Gasteiger partial charge in [0.25, 0.3) is 0 Å². The Morgan fingerprint density at radius 3 is 2.68 bits per heavy atom. The second-order valence-electron chi connectivity index (χ2n) is 6.54. The van der Waals surface area contributed by atoms with Crippen LogP contribution in [0.15, 0.2) is 16.7 Å². The summed E-state index contributed by atoms with van der Waals surface area (Å²) >= 11 is 0. The van der Waals surface area contributed by atoms with Crippen molar-refractivity contribution in [3.63, 3.8) is 0 Å². The van der Waals surface area contributed by atoms with Crippen LogP contribution >= 0.6 is 0 Å². The molecule has 1 aromatic heterocycles. The Morgan fingerprint density at radius 2 is 2.00 bits per heavy atom. The minimum absolute atomic E-state index is 0.124. The molecule has 3 nitrogen and oxygen atoms in total. The summed E-state index contributed by atoms with van der Waals surface area (Å²) in [5.41, 5.74) is 1.34. The zero-order valence-electron chi connectivity index (χ0n) is 12.5. The topological polar surface area (TPSA) is 34.4 Å². The molecule has 0 bridgehead atoms. The van der Waals surface area contributed by atoms with Gasteiger partial charge in [-0.1, -0.05) is 19.3 Å². The van der Waals surface area contributed by atoms with Crippen LogP contribution in [0.3, 0.4) is 0 Å². The third kappa shape index (κ3) is 5.00. The standard InChI is InChI=1S/C16H27NO2/c1-16(2,3)17-11-13-9-10-18-15(13)12-19-14-7-5-4-6-8-14/h9-10,14,17H,4-8,11-12H2,1-3H3. The lowest BCUT2D eigenvalue weighted by atomic mass is 9.98. The molecule has 1 saturated carbocycles. The molecule has 1 aliphatic rings. The fraction of sp³-hybridized carbons (Fsp3) is 0.750. The fourth-order valence-electron chi connectivity index (χ4n) is 2.44. The van der Waals surface area contributed by atoms with Crippen LogP contribution in [-0.4, -0.2) is 11.6 Å². The molecule has 0 saturated heterocycles. The summed E-state index contributed by atoms with van der Waals surface area (Å²) < 4.78 is 11.5. The van der Waals surface area contributed by atoms with Crippen molar-refractivity contribution >= 4 is 0 Å². The quantitative estimate of drug-likeness (QED) is 0.873. The lowest BCUT2D eigenvalue weighted by molar-refractivity contribution is 0.00827. The maximum atomic E-state index is 5.98. The van der Waals surface area contributed by atoms with Gasteiger partial charge in [0.1, 0.15) is 12.4 Å². The third-order valence-corrected chi connectivity index (χ3v) is 3.65. The molecule has 0 atom stereocenters. The molecule has 3 heteroatoms. The second-order valence-corrected chi connectivity index (χ2v) is 6.54. The van der Waals surface area contributed by atoms with Gasteiger partial charge in [0.15, 0.2) is 0 Å². The summed E-state index contributed by atoms with van der Waals surface area (Å²) in [4.78, 5) is 0. The molecule has 0 amide bonds. The van der Waals surface area contributed by atoms with Crippen LogP contribution in [0, 0.1) is 0 Å². The molecule has 0 aliphatic heterocycles. The van der Waals surface area contributed by atoms with E-state index >= 15 is 0 Å². The van der Waals surface area contributed by atoms with Crippen molar-refractivity contribution in [2.45, 2.75) is 77.7 Å². The molecule has 0 unspecified atom stereocenters. The van der Waals surface area contributed by atoms with E-state index in [1.165, 1.54) is 37.7 Å². The van der Waals surface area contributed by atoms with Crippen molar-refractivity contribution in [2.75, 3.05) is 0 Å². The Labute approximate surface area is 116 Å². The van der Waals surface area contributed by atoms with Gasteiger partial charge in [-0.25, -0.2) is 0 Å². The van der Waals surface area contributed by atoms with Crippen LogP contribution in [0.25, 0.3) is 0 Å². The maximum Gasteiger partial charge on any atom is 0.133 e. The Balaban J connectivity index is 1.81. The highest BCUT2D eigenvalue weighted by molar-refractivity contribution is 5.16. The SMILES string of the molecule is CC(C)(C)NCc1ccoc1COC1CCCCC1. The fourth-order valence-corrected chi connectivity index (χ4v) is 2.44. The number of rotatable bonds is 5. The van der Waals surface area contributed by atoms with Crippen molar-refractivity contribution in [1.82, 2.24) is 5.32 Å². The third-order valence-electron chi connectivity index (χ3n) is 3.65. The van der Waals surface area contributed by atoms with Gasteiger partial charge in [-0.3, -0.25) is 0 Å². The summed E-state index contributed by atoms with van der Waals surface area (Å²) in [6.45, 7) is 7.96. The lowest BCUT2D eigenvalue weighted by Gasteiger charge is -2.22. The first-order valence-corrected chi connectivity index (χ1v) is 7.46. The summed E-state index contributed by atoms with van der Waals surface area (Å²) in [5, 5.41) is 3.49. The predicted octanol–water partition coefficient (Wildman–Crippen LogP) is 4.02. The van der Waals surface area contributed by atoms with E-state index in [2.05, 4.69) is 26.1 Å². The normalized spacial score (nSPS) is 17.8. The minimum atomic E-state index is 0.124. The van der Waals surface area contributed by atoms with E-state index in [4.69, 9.17) is 9.15 Å². The molecule has 19 heavy (non-hydrogen) atoms. The van der Waals surface area contributed by atoms with E-state index in [1.807, 2.05) is 6.07 Å². The van der Waals surface area contributed by atoms with Gasteiger partial charge in [0.05, 0.1) is 12.4 Å². The van der Waals surface area contributed by atoms with E-state index in [0.29, 0.717) is 12.7 Å². The number of nitrogens with one attached hydrogen (secondary N) is 1. The van der Waals surface area contributed by atoms with Gasteiger partial charge < -0.3 is 14.5 Å². The Kier molecular flexibility index (Phi) is 5.06. The van der Waals surface area contributed by atoms with E-state index in [0.717, 1.165) is 12.3 Å². The zero-order valence-corrected chi connectivity index (χ0v) is 12.5. The molecule has 2 rings (SSSR count). The summed E-state index contributed by atoms with van der Waals surface area (Å²) in [5.74, 6) is 0.974. The summed E-state index contributed by atoms with van der Waals surface area (Å²) in [6.07, 6.45) is 8.58. The van der Waals surface area contributed by atoms with Gasteiger partial charge in [-0.15, -0.1) is 0 Å². The molecule has 1 aliphatic carbocycles. The van der Waals surface area contributed by atoms with E-state index in [-0.39, 0.29) is 5.54 Å². The number of ether oxygens (including phenoxy) is 1. The molecule has 1 aromatic rings. The first kappa shape index (κ1) is 14.6. The van der Waals surface area contributed by atoms with Crippen LogP contribution in [0.2, 0.25) is 0 Å². The van der Waals surface area contributed by atoms with Crippen LogP contribution in [-0.2, 0) is 17.9 Å². The highest BCUT2D eigenvalue weighted by atomic mass is 16.5. The monoisotopic (exact) mass is 265 g/mol. The minimum Gasteiger partial charge on any atom is -0.467 e. The molecule has 0 spiro atoms. The van der Waals surface area contributed by atoms with Crippen molar-refractivity contribution in [1.29, 1.82) is 0 Å².